The number of nitrogens with zero attached hydrogens (tertiary/aromatic N) is 1. The molecule has 0 aliphatic carbocycles. The molecular formula is C20H25N3O6. The zero-order valence-electron chi connectivity index (χ0n) is 16.1. The normalized spacial score (nSPS) is 21.4. The van der Waals surface area contributed by atoms with Crippen LogP contribution in [0.1, 0.15) is 31.2 Å². The lowest BCUT2D eigenvalue weighted by Gasteiger charge is -2.22. The van der Waals surface area contributed by atoms with Crippen LogP contribution in [0.15, 0.2) is 18.2 Å². The van der Waals surface area contributed by atoms with Crippen LogP contribution in [0.25, 0.3) is 0 Å². The van der Waals surface area contributed by atoms with Gasteiger partial charge in [0.25, 0.3) is 5.91 Å². The number of nitrogens with one attached hydrogen (secondary N) is 2. The minimum absolute atomic E-state index is 0.104. The Morgan fingerprint density at radius 2 is 1.97 bits per heavy atom. The van der Waals surface area contributed by atoms with Crippen molar-refractivity contribution < 1.29 is 28.6 Å². The van der Waals surface area contributed by atoms with Crippen LogP contribution in [-0.4, -0.2) is 55.3 Å². The average molecular weight is 403 g/mol. The number of carbonyl (C=O) groups is 3. The van der Waals surface area contributed by atoms with E-state index in [-0.39, 0.29) is 38.0 Å². The fourth-order valence-corrected chi connectivity index (χ4v) is 3.72. The molecule has 4 amide bonds. The molecule has 2 N–H and O–H groups in total. The number of rotatable bonds is 7. The third-order valence-electron chi connectivity index (χ3n) is 5.47. The molecule has 0 spiro atoms. The van der Waals surface area contributed by atoms with Gasteiger partial charge in [0.05, 0.1) is 6.54 Å². The van der Waals surface area contributed by atoms with Gasteiger partial charge in [-0.2, -0.15) is 0 Å². The van der Waals surface area contributed by atoms with E-state index in [2.05, 4.69) is 10.6 Å². The second kappa shape index (κ2) is 8.69. The summed E-state index contributed by atoms with van der Waals surface area (Å²) < 4.78 is 15.9. The maximum atomic E-state index is 12.6. The van der Waals surface area contributed by atoms with Gasteiger partial charge in [-0.3, -0.25) is 14.5 Å². The van der Waals surface area contributed by atoms with E-state index in [9.17, 15) is 14.4 Å². The molecule has 29 heavy (non-hydrogen) atoms. The summed E-state index contributed by atoms with van der Waals surface area (Å²) in [6.45, 7) is 2.42. The van der Waals surface area contributed by atoms with Crippen LogP contribution >= 0.6 is 0 Å². The Bertz CT molecular complexity index is 792. The van der Waals surface area contributed by atoms with Crippen molar-refractivity contribution in [3.63, 3.8) is 0 Å². The first-order chi connectivity index (χ1) is 14.1. The summed E-state index contributed by atoms with van der Waals surface area (Å²) in [6, 6.07) is 4.20. The highest BCUT2D eigenvalue weighted by Crippen LogP contribution is 2.33. The van der Waals surface area contributed by atoms with E-state index in [4.69, 9.17) is 14.2 Å². The number of hydrogen-bond donors (Lipinski definition) is 2. The molecule has 3 aliphatic rings. The smallest absolute Gasteiger partial charge is 0.325 e. The summed E-state index contributed by atoms with van der Waals surface area (Å²) in [6.07, 6.45) is 2.37. The van der Waals surface area contributed by atoms with Gasteiger partial charge in [-0.25, -0.2) is 4.79 Å². The summed E-state index contributed by atoms with van der Waals surface area (Å²) >= 11 is 0. The predicted octanol–water partition coefficient (Wildman–Crippen LogP) is 1.16. The van der Waals surface area contributed by atoms with Crippen molar-refractivity contribution in [2.45, 2.75) is 38.3 Å². The Kier molecular flexibility index (Phi) is 5.84. The lowest BCUT2D eigenvalue weighted by molar-refractivity contribution is -0.128. The molecule has 0 radical (unpaired) electrons. The number of carbonyl (C=O) groups excluding carboxylic acids is 3. The van der Waals surface area contributed by atoms with Crippen molar-refractivity contribution in [1.29, 1.82) is 0 Å². The molecule has 9 nitrogen and oxygen atoms in total. The molecule has 3 heterocycles. The first kappa shape index (κ1) is 19.5. The van der Waals surface area contributed by atoms with Crippen molar-refractivity contribution in [2.75, 3.05) is 26.6 Å². The Morgan fingerprint density at radius 1 is 1.17 bits per heavy atom. The Labute approximate surface area is 168 Å². The molecule has 9 heteroatoms. The molecule has 0 saturated carbocycles. The van der Waals surface area contributed by atoms with Crippen LogP contribution in [0, 0.1) is 5.92 Å². The highest BCUT2D eigenvalue weighted by atomic mass is 16.7. The van der Waals surface area contributed by atoms with E-state index >= 15 is 0 Å². The van der Waals surface area contributed by atoms with Gasteiger partial charge in [-0.05, 0) is 42.9 Å². The van der Waals surface area contributed by atoms with Crippen LogP contribution in [0.4, 0.5) is 4.79 Å². The third-order valence-corrected chi connectivity index (χ3v) is 5.47. The minimum atomic E-state index is -0.676. The van der Waals surface area contributed by atoms with E-state index < -0.39 is 12.1 Å². The monoisotopic (exact) mass is 403 g/mol. The molecule has 2 saturated heterocycles. The highest BCUT2D eigenvalue weighted by molar-refractivity contribution is 6.04. The topological polar surface area (TPSA) is 106 Å². The zero-order valence-corrected chi connectivity index (χ0v) is 16.1. The molecule has 0 aromatic heterocycles. The van der Waals surface area contributed by atoms with Crippen LogP contribution in [0.5, 0.6) is 11.5 Å². The second-order valence-electron chi connectivity index (χ2n) is 7.51. The maximum Gasteiger partial charge on any atom is 0.325 e. The molecule has 0 bridgehead atoms. The number of hydrogen-bond acceptors (Lipinski definition) is 6. The predicted molar refractivity (Wildman–Crippen MR) is 101 cm³/mol. The molecular weight excluding hydrogens is 378 g/mol. The summed E-state index contributed by atoms with van der Waals surface area (Å²) in [7, 11) is 0. The van der Waals surface area contributed by atoms with Gasteiger partial charge < -0.3 is 24.8 Å². The van der Waals surface area contributed by atoms with Gasteiger partial charge in [-0.15, -0.1) is 0 Å². The zero-order chi connectivity index (χ0) is 20.2. The standard InChI is InChI=1S/C20H25N3O6/c24-18(21-10-13-5-7-27-8-6-13)4-2-15-19(25)23(20(26)22-15)11-14-1-3-16-17(9-14)29-12-28-16/h1,3,9,13,15H,2,4-8,10-12H2,(H,21,24)(H,22,26)/t15-/m1/s1. The first-order valence-electron chi connectivity index (χ1n) is 9.95. The number of benzene rings is 1. The van der Waals surface area contributed by atoms with Crippen molar-refractivity contribution in [2.24, 2.45) is 5.92 Å². The first-order valence-corrected chi connectivity index (χ1v) is 9.95. The molecule has 1 aromatic carbocycles. The fraction of sp³-hybridized carbons (Fsp3) is 0.550. The fourth-order valence-electron chi connectivity index (χ4n) is 3.72. The van der Waals surface area contributed by atoms with E-state index in [1.807, 2.05) is 0 Å². The van der Waals surface area contributed by atoms with Crippen molar-refractivity contribution in [3.05, 3.63) is 23.8 Å². The van der Waals surface area contributed by atoms with E-state index in [1.54, 1.807) is 18.2 Å². The Balaban J connectivity index is 1.25. The van der Waals surface area contributed by atoms with Gasteiger partial charge in [0.15, 0.2) is 11.5 Å². The molecule has 2 fully saturated rings. The van der Waals surface area contributed by atoms with Gasteiger partial charge in [0, 0.05) is 26.2 Å². The van der Waals surface area contributed by atoms with Crippen molar-refractivity contribution >= 4 is 17.8 Å². The molecule has 1 aromatic rings. The van der Waals surface area contributed by atoms with Gasteiger partial charge in [0.2, 0.25) is 12.7 Å². The summed E-state index contributed by atoms with van der Waals surface area (Å²) in [5, 5.41) is 5.59. The number of imide groups is 1. The highest BCUT2D eigenvalue weighted by Gasteiger charge is 2.38. The van der Waals surface area contributed by atoms with Gasteiger partial charge in [-0.1, -0.05) is 6.07 Å². The summed E-state index contributed by atoms with van der Waals surface area (Å²) in [5.74, 6) is 1.28. The number of ether oxygens (including phenoxy) is 3. The minimum Gasteiger partial charge on any atom is -0.454 e. The van der Waals surface area contributed by atoms with E-state index in [0.717, 1.165) is 31.6 Å². The van der Waals surface area contributed by atoms with Crippen LogP contribution < -0.4 is 20.1 Å². The summed E-state index contributed by atoms with van der Waals surface area (Å²) in [5.41, 5.74) is 0.771. The molecule has 4 rings (SSSR count). The summed E-state index contributed by atoms with van der Waals surface area (Å²) in [4.78, 5) is 38.1. The van der Waals surface area contributed by atoms with Crippen LogP contribution in [0.3, 0.4) is 0 Å². The molecule has 3 aliphatic heterocycles. The molecule has 1 atom stereocenters. The van der Waals surface area contributed by atoms with Crippen molar-refractivity contribution in [1.82, 2.24) is 15.5 Å². The SMILES string of the molecule is O=C(CC[C@H]1NC(=O)N(Cc2ccc3c(c2)OCO3)C1=O)NCC1CCOCC1. The van der Waals surface area contributed by atoms with E-state index in [0.29, 0.717) is 24.0 Å². The Morgan fingerprint density at radius 3 is 2.79 bits per heavy atom. The van der Waals surface area contributed by atoms with Gasteiger partial charge in [0.1, 0.15) is 6.04 Å². The lowest BCUT2D eigenvalue weighted by atomic mass is 10.0. The lowest BCUT2D eigenvalue weighted by Crippen LogP contribution is -2.35. The maximum absolute atomic E-state index is 12.6. The number of fused-ring (bicyclic) bond motifs is 1. The van der Waals surface area contributed by atoms with Crippen LogP contribution in [-0.2, 0) is 20.9 Å². The molecule has 0 unspecified atom stereocenters. The quantitative estimate of drug-likeness (QED) is 0.662. The van der Waals surface area contributed by atoms with Gasteiger partial charge >= 0.3 is 6.03 Å². The van der Waals surface area contributed by atoms with E-state index in [1.165, 1.54) is 4.90 Å². The molecule has 156 valence electrons. The number of amides is 4. The third kappa shape index (κ3) is 4.61. The van der Waals surface area contributed by atoms with Crippen LogP contribution in [0.2, 0.25) is 0 Å². The average Bonchev–Trinajstić information content (AvgIpc) is 3.31. The second-order valence-corrected chi connectivity index (χ2v) is 7.51. The number of urea groups is 1. The van der Waals surface area contributed by atoms with Crippen molar-refractivity contribution in [3.8, 4) is 11.5 Å². The largest absolute Gasteiger partial charge is 0.454 e. The Hall–Kier alpha value is -2.81.